The van der Waals surface area contributed by atoms with Gasteiger partial charge in [0.15, 0.2) is 0 Å². The molecule has 0 radical (unpaired) electrons. The van der Waals surface area contributed by atoms with Crippen LogP contribution in [0.15, 0.2) is 15.9 Å². The van der Waals surface area contributed by atoms with E-state index in [1.807, 2.05) is 5.38 Å². The molecular formula is C9H12N2OS. The van der Waals surface area contributed by atoms with Gasteiger partial charge in [0.1, 0.15) is 12.3 Å². The van der Waals surface area contributed by atoms with Crippen LogP contribution in [0.5, 0.6) is 0 Å². The van der Waals surface area contributed by atoms with Crippen LogP contribution in [0.1, 0.15) is 19.5 Å². The quantitative estimate of drug-likeness (QED) is 0.724. The van der Waals surface area contributed by atoms with Crippen LogP contribution in [0.3, 0.4) is 0 Å². The molecule has 4 heteroatoms. The Hall–Kier alpha value is -0.900. The topological polar surface area (TPSA) is 34.5 Å². The molecule has 0 spiro atoms. The van der Waals surface area contributed by atoms with Gasteiger partial charge in [0.05, 0.1) is 11.6 Å². The number of hydrogen-bond donors (Lipinski definition) is 0. The van der Waals surface area contributed by atoms with Gasteiger partial charge >= 0.3 is 0 Å². The summed E-state index contributed by atoms with van der Waals surface area (Å²) in [6.07, 6.45) is 0. The van der Waals surface area contributed by atoms with E-state index in [9.17, 15) is 0 Å². The van der Waals surface area contributed by atoms with Crippen molar-refractivity contribution in [1.82, 2.24) is 4.98 Å². The number of rotatable bonds is 2. The van der Waals surface area contributed by atoms with Crippen LogP contribution in [0.4, 0.5) is 0 Å². The average Bonchev–Trinajstić information content (AvgIpc) is 2.75. The minimum atomic E-state index is 0.302. The molecule has 1 aliphatic rings. The zero-order valence-electron chi connectivity index (χ0n) is 7.73. The first-order chi connectivity index (χ1) is 6.27. The lowest BCUT2D eigenvalue weighted by Crippen LogP contribution is -2.13. The maximum atomic E-state index is 5.47. The highest BCUT2D eigenvalue weighted by Crippen LogP contribution is 2.17. The third-order valence-corrected chi connectivity index (χ3v) is 2.68. The highest BCUT2D eigenvalue weighted by Gasteiger charge is 2.23. The molecule has 2 rings (SSSR count). The van der Waals surface area contributed by atoms with E-state index in [2.05, 4.69) is 23.8 Å². The number of nitrogens with zero attached hydrogens (tertiary/aromatic N) is 2. The summed E-state index contributed by atoms with van der Waals surface area (Å²) in [5, 5.41) is 1.96. The Morgan fingerprint density at radius 3 is 3.00 bits per heavy atom. The fraction of sp³-hybridized carbons (Fsp3) is 0.556. The Bertz CT molecular complexity index is 305. The minimum Gasteiger partial charge on any atom is -0.474 e. The summed E-state index contributed by atoms with van der Waals surface area (Å²) in [6, 6.07) is 0.302. The molecule has 1 atom stereocenters. The molecule has 3 nitrogen and oxygen atoms in total. The summed E-state index contributed by atoms with van der Waals surface area (Å²) >= 11 is 1.56. The predicted molar refractivity (Wildman–Crippen MR) is 53.2 cm³/mol. The number of aromatic nitrogens is 1. The molecule has 1 aliphatic heterocycles. The van der Waals surface area contributed by atoms with Crippen molar-refractivity contribution in [2.75, 3.05) is 6.61 Å². The van der Waals surface area contributed by atoms with Gasteiger partial charge in [0.25, 0.3) is 0 Å². The third kappa shape index (κ3) is 1.72. The van der Waals surface area contributed by atoms with Crippen molar-refractivity contribution >= 4 is 17.2 Å². The monoisotopic (exact) mass is 196 g/mol. The van der Waals surface area contributed by atoms with Gasteiger partial charge < -0.3 is 4.74 Å². The molecule has 0 saturated heterocycles. The van der Waals surface area contributed by atoms with Gasteiger partial charge in [0.2, 0.25) is 5.90 Å². The SMILES string of the molecule is CC(C)[C@@H]1COC(c2cscn2)=N1. The van der Waals surface area contributed by atoms with Gasteiger partial charge in [-0.05, 0) is 5.92 Å². The first-order valence-corrected chi connectivity index (χ1v) is 5.31. The lowest BCUT2D eigenvalue weighted by Gasteiger charge is -2.06. The van der Waals surface area contributed by atoms with Gasteiger partial charge in [0, 0.05) is 5.38 Å². The van der Waals surface area contributed by atoms with E-state index in [-0.39, 0.29) is 0 Å². The molecule has 1 aromatic rings. The highest BCUT2D eigenvalue weighted by atomic mass is 32.1. The lowest BCUT2D eigenvalue weighted by molar-refractivity contribution is 0.291. The molecule has 0 bridgehead atoms. The molecule has 0 amide bonds. The molecule has 0 aliphatic carbocycles. The second-order valence-electron chi connectivity index (χ2n) is 3.43. The summed E-state index contributed by atoms with van der Waals surface area (Å²) in [6.45, 7) is 5.01. The van der Waals surface area contributed by atoms with E-state index in [1.165, 1.54) is 0 Å². The molecule has 2 heterocycles. The number of aliphatic imine (C=N–C) groups is 1. The average molecular weight is 196 g/mol. The zero-order valence-corrected chi connectivity index (χ0v) is 8.54. The van der Waals surface area contributed by atoms with Crippen molar-refractivity contribution in [3.63, 3.8) is 0 Å². The standard InChI is InChI=1S/C9H12N2OS/c1-6(2)7-3-12-9(11-7)8-4-13-5-10-8/h4-7H,3H2,1-2H3/t7-/m0/s1. The molecule has 13 heavy (non-hydrogen) atoms. The van der Waals surface area contributed by atoms with Crippen molar-refractivity contribution in [2.24, 2.45) is 10.9 Å². The van der Waals surface area contributed by atoms with Crippen LogP contribution in [0.25, 0.3) is 0 Å². The summed E-state index contributed by atoms with van der Waals surface area (Å²) < 4.78 is 5.47. The molecule has 70 valence electrons. The second kappa shape index (κ2) is 3.46. The van der Waals surface area contributed by atoms with E-state index in [0.29, 0.717) is 24.5 Å². The Balaban J connectivity index is 2.15. The Kier molecular flexibility index (Phi) is 2.31. The van der Waals surface area contributed by atoms with Crippen LogP contribution in [0.2, 0.25) is 0 Å². The van der Waals surface area contributed by atoms with Crippen molar-refractivity contribution in [3.05, 3.63) is 16.6 Å². The molecule has 1 aromatic heterocycles. The smallest absolute Gasteiger partial charge is 0.236 e. The number of ether oxygens (including phenoxy) is 1. The summed E-state index contributed by atoms with van der Waals surface area (Å²) in [5.41, 5.74) is 2.66. The number of hydrogen-bond acceptors (Lipinski definition) is 4. The predicted octanol–water partition coefficient (Wildman–Crippen LogP) is 1.94. The van der Waals surface area contributed by atoms with Crippen LogP contribution in [-0.4, -0.2) is 23.5 Å². The Morgan fingerprint density at radius 1 is 1.62 bits per heavy atom. The number of thiazole rings is 1. The fourth-order valence-corrected chi connectivity index (χ4v) is 1.72. The van der Waals surface area contributed by atoms with E-state index in [0.717, 1.165) is 5.69 Å². The maximum Gasteiger partial charge on any atom is 0.236 e. The third-order valence-electron chi connectivity index (χ3n) is 2.09. The van der Waals surface area contributed by atoms with E-state index in [1.54, 1.807) is 16.8 Å². The zero-order chi connectivity index (χ0) is 9.26. The van der Waals surface area contributed by atoms with Gasteiger partial charge in [-0.2, -0.15) is 0 Å². The summed E-state index contributed by atoms with van der Waals surface area (Å²) in [5.74, 6) is 1.25. The van der Waals surface area contributed by atoms with Crippen LogP contribution < -0.4 is 0 Å². The van der Waals surface area contributed by atoms with Crippen molar-refractivity contribution in [2.45, 2.75) is 19.9 Å². The van der Waals surface area contributed by atoms with E-state index < -0.39 is 0 Å². The molecule has 0 saturated carbocycles. The van der Waals surface area contributed by atoms with Gasteiger partial charge in [-0.3, -0.25) is 0 Å². The molecule has 0 fully saturated rings. The van der Waals surface area contributed by atoms with Crippen molar-refractivity contribution in [3.8, 4) is 0 Å². The van der Waals surface area contributed by atoms with Gasteiger partial charge in [-0.15, -0.1) is 11.3 Å². The van der Waals surface area contributed by atoms with Gasteiger partial charge in [-0.1, -0.05) is 13.8 Å². The first-order valence-electron chi connectivity index (χ1n) is 4.36. The highest BCUT2D eigenvalue weighted by molar-refractivity contribution is 7.07. The largest absolute Gasteiger partial charge is 0.474 e. The maximum absolute atomic E-state index is 5.47. The fourth-order valence-electron chi connectivity index (χ4n) is 1.19. The van der Waals surface area contributed by atoms with Crippen molar-refractivity contribution < 1.29 is 4.74 Å². The second-order valence-corrected chi connectivity index (χ2v) is 4.15. The van der Waals surface area contributed by atoms with Crippen LogP contribution in [-0.2, 0) is 4.74 Å². The molecule has 0 unspecified atom stereocenters. The molecule has 0 N–H and O–H groups in total. The normalized spacial score (nSPS) is 21.8. The Labute approximate surface area is 81.5 Å². The van der Waals surface area contributed by atoms with Crippen LogP contribution >= 0.6 is 11.3 Å². The summed E-state index contributed by atoms with van der Waals surface area (Å²) in [4.78, 5) is 8.62. The molecule has 0 aromatic carbocycles. The van der Waals surface area contributed by atoms with Crippen molar-refractivity contribution in [1.29, 1.82) is 0 Å². The summed E-state index contributed by atoms with van der Waals surface area (Å²) in [7, 11) is 0. The first kappa shape index (κ1) is 8.69. The minimum absolute atomic E-state index is 0.302. The molecular weight excluding hydrogens is 184 g/mol. The van der Waals surface area contributed by atoms with E-state index >= 15 is 0 Å². The lowest BCUT2D eigenvalue weighted by atomic mass is 10.1. The van der Waals surface area contributed by atoms with Crippen LogP contribution in [0, 0.1) is 5.92 Å². The van der Waals surface area contributed by atoms with Gasteiger partial charge in [-0.25, -0.2) is 9.98 Å². The Morgan fingerprint density at radius 2 is 2.46 bits per heavy atom. The van der Waals surface area contributed by atoms with E-state index in [4.69, 9.17) is 4.74 Å².